The van der Waals surface area contributed by atoms with E-state index in [0.717, 1.165) is 0 Å². The van der Waals surface area contributed by atoms with Gasteiger partial charge in [-0.1, -0.05) is 12.1 Å². The van der Waals surface area contributed by atoms with Gasteiger partial charge >= 0.3 is 5.97 Å². The standard InChI is InChI=1S/C11H12BrFO3/c1-2-16-10(15)6-9(14)7-4-3-5-8(12)11(7)13/h3-5,9,14H,2,6H2,1H3. The smallest absolute Gasteiger partial charge is 0.308 e. The summed E-state index contributed by atoms with van der Waals surface area (Å²) in [5.74, 6) is -1.10. The Balaban J connectivity index is 2.76. The molecule has 0 radical (unpaired) electrons. The van der Waals surface area contributed by atoms with E-state index in [1.807, 2.05) is 0 Å². The molecule has 1 unspecified atom stereocenters. The molecule has 0 fully saturated rings. The Labute approximate surface area is 101 Å². The summed E-state index contributed by atoms with van der Waals surface area (Å²) in [5.41, 5.74) is 0.0856. The first-order valence-electron chi connectivity index (χ1n) is 4.83. The van der Waals surface area contributed by atoms with Crippen LogP contribution in [-0.2, 0) is 9.53 Å². The van der Waals surface area contributed by atoms with Crippen molar-refractivity contribution in [1.29, 1.82) is 0 Å². The van der Waals surface area contributed by atoms with E-state index in [9.17, 15) is 14.3 Å². The lowest BCUT2D eigenvalue weighted by molar-refractivity contribution is -0.145. The summed E-state index contributed by atoms with van der Waals surface area (Å²) in [4.78, 5) is 11.1. The quantitative estimate of drug-likeness (QED) is 0.867. The number of aliphatic hydroxyl groups excluding tert-OH is 1. The van der Waals surface area contributed by atoms with Crippen molar-refractivity contribution in [3.63, 3.8) is 0 Å². The number of carbonyl (C=O) groups is 1. The van der Waals surface area contributed by atoms with Gasteiger partial charge in [-0.3, -0.25) is 4.79 Å². The Hall–Kier alpha value is -0.940. The molecule has 0 saturated carbocycles. The third-order valence-electron chi connectivity index (χ3n) is 2.01. The number of hydrogen-bond acceptors (Lipinski definition) is 3. The fourth-order valence-electron chi connectivity index (χ4n) is 1.27. The van der Waals surface area contributed by atoms with E-state index in [0.29, 0.717) is 0 Å². The minimum absolute atomic E-state index is 0.0856. The largest absolute Gasteiger partial charge is 0.466 e. The van der Waals surface area contributed by atoms with Crippen LogP contribution in [0.15, 0.2) is 22.7 Å². The SMILES string of the molecule is CCOC(=O)CC(O)c1cccc(Br)c1F. The molecular formula is C11H12BrFO3. The fourth-order valence-corrected chi connectivity index (χ4v) is 1.65. The number of benzene rings is 1. The summed E-state index contributed by atoms with van der Waals surface area (Å²) in [6.45, 7) is 1.91. The number of esters is 1. The molecular weight excluding hydrogens is 279 g/mol. The molecule has 0 spiro atoms. The normalized spacial score (nSPS) is 12.2. The first kappa shape index (κ1) is 13.1. The molecule has 0 aliphatic heterocycles. The van der Waals surface area contributed by atoms with Gasteiger partial charge in [0.05, 0.1) is 23.6 Å². The van der Waals surface area contributed by atoms with Crippen LogP contribution in [0.25, 0.3) is 0 Å². The van der Waals surface area contributed by atoms with Crippen molar-refractivity contribution in [3.8, 4) is 0 Å². The van der Waals surface area contributed by atoms with Crippen LogP contribution in [0, 0.1) is 5.82 Å². The van der Waals surface area contributed by atoms with Crippen LogP contribution in [0.2, 0.25) is 0 Å². The maximum atomic E-state index is 13.5. The molecule has 1 atom stereocenters. The van der Waals surface area contributed by atoms with Crippen molar-refractivity contribution in [3.05, 3.63) is 34.1 Å². The van der Waals surface area contributed by atoms with E-state index in [1.165, 1.54) is 12.1 Å². The second-order valence-corrected chi connectivity index (χ2v) is 4.02. The average Bonchev–Trinajstić information content (AvgIpc) is 2.22. The van der Waals surface area contributed by atoms with E-state index in [-0.39, 0.29) is 23.1 Å². The number of ether oxygens (including phenoxy) is 1. The van der Waals surface area contributed by atoms with Gasteiger partial charge < -0.3 is 9.84 Å². The second kappa shape index (κ2) is 5.96. The molecule has 1 rings (SSSR count). The van der Waals surface area contributed by atoms with Crippen molar-refractivity contribution < 1.29 is 19.0 Å². The molecule has 0 bridgehead atoms. The maximum absolute atomic E-state index is 13.5. The van der Waals surface area contributed by atoms with Crippen LogP contribution in [0.3, 0.4) is 0 Å². The molecule has 0 aliphatic carbocycles. The number of carbonyl (C=O) groups excluding carboxylic acids is 1. The Morgan fingerprint density at radius 2 is 2.31 bits per heavy atom. The lowest BCUT2D eigenvalue weighted by Gasteiger charge is -2.11. The van der Waals surface area contributed by atoms with Gasteiger partial charge in [-0.15, -0.1) is 0 Å². The van der Waals surface area contributed by atoms with Gasteiger partial charge in [0.1, 0.15) is 5.82 Å². The molecule has 1 aromatic carbocycles. The third-order valence-corrected chi connectivity index (χ3v) is 2.62. The molecule has 3 nitrogen and oxygen atoms in total. The molecule has 1 aromatic rings. The third kappa shape index (κ3) is 3.28. The first-order chi connectivity index (χ1) is 7.56. The van der Waals surface area contributed by atoms with Crippen molar-refractivity contribution in [2.24, 2.45) is 0 Å². The van der Waals surface area contributed by atoms with Gasteiger partial charge in [-0.05, 0) is 28.9 Å². The summed E-state index contributed by atoms with van der Waals surface area (Å²) in [6, 6.07) is 4.55. The maximum Gasteiger partial charge on any atom is 0.308 e. The summed E-state index contributed by atoms with van der Waals surface area (Å²) >= 11 is 3.01. The number of halogens is 2. The highest BCUT2D eigenvalue weighted by molar-refractivity contribution is 9.10. The Bertz CT molecular complexity index is 381. The van der Waals surface area contributed by atoms with Gasteiger partial charge in [0.25, 0.3) is 0 Å². The Kier molecular flexibility index (Phi) is 4.89. The molecule has 0 amide bonds. The second-order valence-electron chi connectivity index (χ2n) is 3.17. The zero-order valence-corrected chi connectivity index (χ0v) is 10.3. The van der Waals surface area contributed by atoms with E-state index < -0.39 is 17.9 Å². The van der Waals surface area contributed by atoms with Crippen LogP contribution < -0.4 is 0 Å². The molecule has 88 valence electrons. The summed E-state index contributed by atoms with van der Waals surface area (Å²) in [5, 5.41) is 9.66. The minimum Gasteiger partial charge on any atom is -0.466 e. The number of hydrogen-bond donors (Lipinski definition) is 1. The molecule has 0 aromatic heterocycles. The molecule has 0 aliphatic rings. The summed E-state index contributed by atoms with van der Waals surface area (Å²) in [7, 11) is 0. The predicted molar refractivity (Wildman–Crippen MR) is 60.3 cm³/mol. The highest BCUT2D eigenvalue weighted by Gasteiger charge is 2.18. The minimum atomic E-state index is -1.18. The van der Waals surface area contributed by atoms with Gasteiger partial charge in [0, 0.05) is 5.56 Å². The summed E-state index contributed by atoms with van der Waals surface area (Å²) < 4.78 is 18.5. The van der Waals surface area contributed by atoms with E-state index >= 15 is 0 Å². The number of rotatable bonds is 4. The zero-order valence-electron chi connectivity index (χ0n) is 8.74. The average molecular weight is 291 g/mol. The van der Waals surface area contributed by atoms with Gasteiger partial charge in [0.15, 0.2) is 0 Å². The summed E-state index contributed by atoms with van der Waals surface area (Å²) in [6.07, 6.45) is -1.43. The van der Waals surface area contributed by atoms with Crippen LogP contribution >= 0.6 is 15.9 Å². The van der Waals surface area contributed by atoms with Gasteiger partial charge in [-0.2, -0.15) is 0 Å². The van der Waals surface area contributed by atoms with E-state index in [2.05, 4.69) is 20.7 Å². The fraction of sp³-hybridized carbons (Fsp3) is 0.364. The van der Waals surface area contributed by atoms with Crippen LogP contribution in [-0.4, -0.2) is 17.7 Å². The number of aliphatic hydroxyl groups is 1. The van der Waals surface area contributed by atoms with Gasteiger partial charge in [-0.25, -0.2) is 4.39 Å². The zero-order chi connectivity index (χ0) is 12.1. The van der Waals surface area contributed by atoms with Gasteiger partial charge in [0.2, 0.25) is 0 Å². The topological polar surface area (TPSA) is 46.5 Å². The van der Waals surface area contributed by atoms with Crippen LogP contribution in [0.1, 0.15) is 25.0 Å². The highest BCUT2D eigenvalue weighted by Crippen LogP contribution is 2.25. The van der Waals surface area contributed by atoms with Crippen molar-refractivity contribution in [1.82, 2.24) is 0 Å². The Morgan fingerprint density at radius 1 is 1.62 bits per heavy atom. The molecule has 1 N–H and O–H groups in total. The monoisotopic (exact) mass is 290 g/mol. The lowest BCUT2D eigenvalue weighted by atomic mass is 10.1. The molecule has 0 saturated heterocycles. The van der Waals surface area contributed by atoms with Crippen molar-refractivity contribution >= 4 is 21.9 Å². The first-order valence-corrected chi connectivity index (χ1v) is 5.63. The lowest BCUT2D eigenvalue weighted by Crippen LogP contribution is -2.11. The van der Waals surface area contributed by atoms with Crippen LogP contribution in [0.4, 0.5) is 4.39 Å². The van der Waals surface area contributed by atoms with Crippen molar-refractivity contribution in [2.75, 3.05) is 6.61 Å². The molecule has 0 heterocycles. The van der Waals surface area contributed by atoms with Crippen LogP contribution in [0.5, 0.6) is 0 Å². The van der Waals surface area contributed by atoms with Crippen molar-refractivity contribution in [2.45, 2.75) is 19.4 Å². The molecule has 5 heteroatoms. The van der Waals surface area contributed by atoms with E-state index in [1.54, 1.807) is 13.0 Å². The highest BCUT2D eigenvalue weighted by atomic mass is 79.9. The molecule has 16 heavy (non-hydrogen) atoms. The Morgan fingerprint density at radius 3 is 2.94 bits per heavy atom. The van der Waals surface area contributed by atoms with E-state index in [4.69, 9.17) is 0 Å². The predicted octanol–water partition coefficient (Wildman–Crippen LogP) is 2.57.